The molecule has 0 spiro atoms. The van der Waals surface area contributed by atoms with E-state index in [1.807, 2.05) is 30.5 Å². The lowest BCUT2D eigenvalue weighted by atomic mass is 10.0. The summed E-state index contributed by atoms with van der Waals surface area (Å²) >= 11 is 0. The molecule has 0 saturated heterocycles. The van der Waals surface area contributed by atoms with Crippen LogP contribution in [0.2, 0.25) is 6.55 Å². The third kappa shape index (κ3) is 4.91. The fraction of sp³-hybridized carbons (Fsp3) is 0.0357. The molecule has 0 amide bonds. The van der Waals surface area contributed by atoms with Crippen LogP contribution in [0.15, 0.2) is 121 Å². The minimum Gasteiger partial charge on any atom is -0.257 e. The van der Waals surface area contributed by atoms with Crippen LogP contribution in [0.5, 0.6) is 0 Å². The summed E-state index contributed by atoms with van der Waals surface area (Å²) in [7, 11) is -1.97. The first kappa shape index (κ1) is 19.8. The van der Waals surface area contributed by atoms with Crippen LogP contribution >= 0.6 is 0 Å². The monoisotopic (exact) mass is 403 g/mol. The molecule has 146 valence electrons. The van der Waals surface area contributed by atoms with Crippen molar-refractivity contribution >= 4 is 25.4 Å². The Labute approximate surface area is 180 Å². The molecule has 4 rings (SSSR count). The molecule has 2 heteroatoms. The van der Waals surface area contributed by atoms with Gasteiger partial charge in [0.15, 0.2) is 0 Å². The maximum absolute atomic E-state index is 4.44. The molecule has 1 unspecified atom stereocenters. The Morgan fingerprint density at radius 3 is 1.87 bits per heavy atom. The Morgan fingerprint density at radius 1 is 0.600 bits per heavy atom. The van der Waals surface area contributed by atoms with Crippen LogP contribution < -0.4 is 5.19 Å². The van der Waals surface area contributed by atoms with Gasteiger partial charge in [-0.3, -0.25) is 4.98 Å². The van der Waals surface area contributed by atoms with Gasteiger partial charge in [-0.1, -0.05) is 120 Å². The van der Waals surface area contributed by atoms with E-state index in [1.54, 1.807) is 0 Å². The van der Waals surface area contributed by atoms with E-state index in [1.165, 1.54) is 21.9 Å². The van der Waals surface area contributed by atoms with E-state index in [2.05, 4.69) is 114 Å². The highest BCUT2D eigenvalue weighted by atomic mass is 28.3. The third-order valence-electron chi connectivity index (χ3n) is 5.32. The first-order chi connectivity index (χ1) is 14.7. The van der Waals surface area contributed by atoms with Gasteiger partial charge in [-0.25, -0.2) is 0 Å². The highest BCUT2D eigenvalue weighted by molar-refractivity contribution is 6.99. The predicted octanol–water partition coefficient (Wildman–Crippen LogP) is 6.54. The molecule has 0 bridgehead atoms. The maximum atomic E-state index is 4.44. The summed E-state index contributed by atoms with van der Waals surface area (Å²) in [6.45, 7) is 2.37. The van der Waals surface area contributed by atoms with Crippen molar-refractivity contribution in [1.29, 1.82) is 0 Å². The van der Waals surface area contributed by atoms with Crippen molar-refractivity contribution < 1.29 is 0 Å². The largest absolute Gasteiger partial charge is 0.257 e. The first-order valence-corrected chi connectivity index (χ1v) is 12.9. The van der Waals surface area contributed by atoms with Crippen LogP contribution in [0.3, 0.4) is 0 Å². The zero-order chi connectivity index (χ0) is 20.7. The first-order valence-electron chi connectivity index (χ1n) is 10.2. The maximum Gasteiger partial charge on any atom is 0.130 e. The van der Waals surface area contributed by atoms with Crippen molar-refractivity contribution in [3.8, 4) is 11.1 Å². The molecule has 0 aliphatic carbocycles. The number of aromatic nitrogens is 1. The molecular formula is C28H25NSi. The van der Waals surface area contributed by atoms with Crippen molar-refractivity contribution in [3.63, 3.8) is 0 Å². The summed E-state index contributed by atoms with van der Waals surface area (Å²) in [6, 6.07) is 36.1. The standard InChI is InChI=1S/C28H25NSi/c1-30(28-13-6-3-7-14-28,23-20-27-12-8-9-21-29-27)22-19-24-15-17-26(18-16-24)25-10-4-2-5-11-25/h2-23H,1H3/b22-19+,23-20+. The molecular weight excluding hydrogens is 378 g/mol. The number of hydrogen-bond donors (Lipinski definition) is 0. The summed E-state index contributed by atoms with van der Waals surface area (Å²) in [5.41, 5.74) is 9.46. The molecule has 1 nitrogen and oxygen atoms in total. The summed E-state index contributed by atoms with van der Waals surface area (Å²) in [4.78, 5) is 4.44. The van der Waals surface area contributed by atoms with E-state index in [9.17, 15) is 0 Å². The van der Waals surface area contributed by atoms with Gasteiger partial charge in [0.05, 0.1) is 5.69 Å². The topological polar surface area (TPSA) is 12.9 Å². The van der Waals surface area contributed by atoms with E-state index < -0.39 is 8.07 Å². The molecule has 1 heterocycles. The fourth-order valence-corrected chi connectivity index (χ4v) is 5.93. The lowest BCUT2D eigenvalue weighted by Gasteiger charge is -2.20. The van der Waals surface area contributed by atoms with Gasteiger partial charge in [0.1, 0.15) is 8.07 Å². The second-order valence-electron chi connectivity index (χ2n) is 7.56. The summed E-state index contributed by atoms with van der Waals surface area (Å²) in [5, 5.41) is 1.38. The Balaban J connectivity index is 1.61. The normalized spacial score (nSPS) is 13.5. The highest BCUT2D eigenvalue weighted by Crippen LogP contribution is 2.20. The second kappa shape index (κ2) is 9.34. The fourth-order valence-electron chi connectivity index (χ4n) is 3.46. The Hall–Kier alpha value is -3.49. The van der Waals surface area contributed by atoms with E-state index in [0.717, 1.165) is 5.69 Å². The van der Waals surface area contributed by atoms with E-state index in [4.69, 9.17) is 0 Å². The number of pyridine rings is 1. The smallest absolute Gasteiger partial charge is 0.130 e. The summed E-state index contributed by atoms with van der Waals surface area (Å²) in [5.74, 6) is 0. The van der Waals surface area contributed by atoms with Crippen LogP contribution in [0.4, 0.5) is 0 Å². The zero-order valence-electron chi connectivity index (χ0n) is 17.1. The Bertz CT molecular complexity index is 1120. The van der Waals surface area contributed by atoms with Gasteiger partial charge in [-0.05, 0) is 34.9 Å². The molecule has 3 aromatic carbocycles. The minimum atomic E-state index is -1.97. The van der Waals surface area contributed by atoms with Gasteiger partial charge >= 0.3 is 0 Å². The van der Waals surface area contributed by atoms with Gasteiger partial charge in [-0.15, -0.1) is 0 Å². The van der Waals surface area contributed by atoms with E-state index in [0.29, 0.717) is 0 Å². The van der Waals surface area contributed by atoms with Gasteiger partial charge in [-0.2, -0.15) is 0 Å². The molecule has 0 radical (unpaired) electrons. The third-order valence-corrected chi connectivity index (χ3v) is 8.62. The van der Waals surface area contributed by atoms with Crippen molar-refractivity contribution in [2.45, 2.75) is 6.55 Å². The van der Waals surface area contributed by atoms with Gasteiger partial charge in [0.25, 0.3) is 0 Å². The van der Waals surface area contributed by atoms with Crippen LogP contribution in [-0.2, 0) is 0 Å². The number of nitrogens with zero attached hydrogens (tertiary/aromatic N) is 1. The van der Waals surface area contributed by atoms with E-state index in [-0.39, 0.29) is 0 Å². The lowest BCUT2D eigenvalue weighted by Crippen LogP contribution is -2.41. The lowest BCUT2D eigenvalue weighted by molar-refractivity contribution is 1.30. The minimum absolute atomic E-state index is 0.993. The average molecular weight is 404 g/mol. The quantitative estimate of drug-likeness (QED) is 0.333. The molecule has 0 aliphatic heterocycles. The van der Waals surface area contributed by atoms with Gasteiger partial charge in [0.2, 0.25) is 0 Å². The summed E-state index contributed by atoms with van der Waals surface area (Å²) < 4.78 is 0. The number of benzene rings is 3. The van der Waals surface area contributed by atoms with Gasteiger partial charge < -0.3 is 0 Å². The molecule has 30 heavy (non-hydrogen) atoms. The Kier molecular flexibility index (Phi) is 6.16. The molecule has 1 atom stereocenters. The average Bonchev–Trinajstić information content (AvgIpc) is 2.84. The zero-order valence-corrected chi connectivity index (χ0v) is 18.1. The highest BCUT2D eigenvalue weighted by Gasteiger charge is 2.23. The molecule has 0 N–H and O–H groups in total. The van der Waals surface area contributed by atoms with Crippen molar-refractivity contribution in [2.24, 2.45) is 0 Å². The van der Waals surface area contributed by atoms with Crippen LogP contribution in [0.1, 0.15) is 11.3 Å². The van der Waals surface area contributed by atoms with Gasteiger partial charge in [0, 0.05) is 6.20 Å². The van der Waals surface area contributed by atoms with Crippen LogP contribution in [0, 0.1) is 0 Å². The number of rotatable bonds is 6. The molecule has 0 fully saturated rings. The van der Waals surface area contributed by atoms with Crippen LogP contribution in [-0.4, -0.2) is 13.1 Å². The second-order valence-corrected chi connectivity index (χ2v) is 11.4. The van der Waals surface area contributed by atoms with Crippen LogP contribution in [0.25, 0.3) is 23.3 Å². The predicted molar refractivity (Wildman–Crippen MR) is 132 cm³/mol. The van der Waals surface area contributed by atoms with Crippen molar-refractivity contribution in [1.82, 2.24) is 4.98 Å². The number of hydrogen-bond acceptors (Lipinski definition) is 1. The summed E-state index contributed by atoms with van der Waals surface area (Å²) in [6.07, 6.45) is 6.25. The molecule has 4 aromatic rings. The molecule has 0 aliphatic rings. The van der Waals surface area contributed by atoms with Crippen molar-refractivity contribution in [3.05, 3.63) is 132 Å². The Morgan fingerprint density at radius 2 is 1.20 bits per heavy atom. The SMILES string of the molecule is C[Si](/C=C/c1ccc(-c2ccccc2)cc1)(/C=C/c1ccccn1)c1ccccc1. The van der Waals surface area contributed by atoms with Crippen molar-refractivity contribution in [2.75, 3.05) is 0 Å². The molecule has 1 aromatic heterocycles. The van der Waals surface area contributed by atoms with E-state index >= 15 is 0 Å². The molecule has 0 saturated carbocycles.